The third kappa shape index (κ3) is 3.03. The summed E-state index contributed by atoms with van der Waals surface area (Å²) in [5.74, 6) is -0.285. The van der Waals surface area contributed by atoms with Gasteiger partial charge in [0.25, 0.3) is 5.91 Å². The van der Waals surface area contributed by atoms with Crippen molar-refractivity contribution in [2.45, 2.75) is 18.5 Å². The molecule has 0 saturated carbocycles. The molecule has 0 unspecified atom stereocenters. The number of nitrogens with two attached hydrogens (primary N) is 1. The molecular weight excluding hydrogens is 353 g/mol. The van der Waals surface area contributed by atoms with E-state index in [1.807, 2.05) is 24.3 Å². The number of aromatic nitrogens is 1. The molecule has 3 rings (SSSR count). The Morgan fingerprint density at radius 3 is 2.71 bits per heavy atom. The zero-order valence-electron chi connectivity index (χ0n) is 10.7. The second-order valence-corrected chi connectivity index (χ2v) is 6.13. The molecule has 1 heterocycles. The first-order chi connectivity index (χ1) is 9.58. The van der Waals surface area contributed by atoms with E-state index < -0.39 is 0 Å². The molecule has 21 heavy (non-hydrogen) atoms. The predicted molar refractivity (Wildman–Crippen MR) is 87.7 cm³/mol. The largest absolute Gasteiger partial charge is 0.346 e. The van der Waals surface area contributed by atoms with Gasteiger partial charge in [-0.15, -0.1) is 12.4 Å². The summed E-state index contributed by atoms with van der Waals surface area (Å²) in [5.41, 5.74) is 8.41. The SMILES string of the molecule is Cl.N[C@@H]1c2ccccc2C[C@H]1NC(=O)c1snc(Cl)c1Cl. The van der Waals surface area contributed by atoms with Gasteiger partial charge in [-0.1, -0.05) is 47.5 Å². The van der Waals surface area contributed by atoms with E-state index in [-0.39, 0.29) is 40.6 Å². The number of hydrogen-bond acceptors (Lipinski definition) is 4. The van der Waals surface area contributed by atoms with Gasteiger partial charge in [0.2, 0.25) is 0 Å². The quantitative estimate of drug-likeness (QED) is 0.859. The van der Waals surface area contributed by atoms with Gasteiger partial charge < -0.3 is 11.1 Å². The number of halogens is 3. The first kappa shape index (κ1) is 16.5. The number of nitrogens with one attached hydrogen (secondary N) is 1. The van der Waals surface area contributed by atoms with E-state index in [9.17, 15) is 4.79 Å². The van der Waals surface area contributed by atoms with Gasteiger partial charge in [-0.2, -0.15) is 4.37 Å². The second-order valence-electron chi connectivity index (χ2n) is 4.63. The molecule has 0 spiro atoms. The maximum Gasteiger partial charge on any atom is 0.264 e. The van der Waals surface area contributed by atoms with Crippen molar-refractivity contribution < 1.29 is 4.79 Å². The second kappa shape index (κ2) is 6.50. The van der Waals surface area contributed by atoms with Crippen LogP contribution in [0.25, 0.3) is 0 Å². The number of benzene rings is 1. The summed E-state index contributed by atoms with van der Waals surface area (Å²) in [4.78, 5) is 12.5. The Balaban J connectivity index is 0.00000161. The molecule has 3 N–H and O–H groups in total. The highest BCUT2D eigenvalue weighted by atomic mass is 35.5. The Hall–Kier alpha value is -0.850. The van der Waals surface area contributed by atoms with Gasteiger partial charge >= 0.3 is 0 Å². The Kier molecular flexibility index (Phi) is 5.11. The molecular formula is C13H12Cl3N3OS. The number of nitrogens with zero attached hydrogens (tertiary/aromatic N) is 1. The Morgan fingerprint density at radius 2 is 2.10 bits per heavy atom. The Morgan fingerprint density at radius 1 is 1.38 bits per heavy atom. The van der Waals surface area contributed by atoms with Crippen molar-refractivity contribution in [3.8, 4) is 0 Å². The van der Waals surface area contributed by atoms with Gasteiger partial charge in [0.15, 0.2) is 5.15 Å². The predicted octanol–water partition coefficient (Wildman–Crippen LogP) is 3.23. The molecule has 1 aliphatic rings. The molecule has 0 bridgehead atoms. The molecule has 0 saturated heterocycles. The lowest BCUT2D eigenvalue weighted by Gasteiger charge is -2.17. The van der Waals surface area contributed by atoms with Gasteiger partial charge in [-0.25, -0.2) is 0 Å². The highest BCUT2D eigenvalue weighted by molar-refractivity contribution is 7.09. The maximum absolute atomic E-state index is 12.2. The lowest BCUT2D eigenvalue weighted by molar-refractivity contribution is 0.0937. The highest BCUT2D eigenvalue weighted by Crippen LogP contribution is 2.31. The fourth-order valence-corrected chi connectivity index (χ4v) is 3.52. The minimum absolute atomic E-state index is 0. The maximum atomic E-state index is 12.2. The summed E-state index contributed by atoms with van der Waals surface area (Å²) in [7, 11) is 0. The molecule has 2 atom stereocenters. The molecule has 1 aromatic carbocycles. The zero-order chi connectivity index (χ0) is 14.3. The van der Waals surface area contributed by atoms with Gasteiger partial charge in [0.1, 0.15) is 9.90 Å². The van der Waals surface area contributed by atoms with Crippen LogP contribution >= 0.6 is 47.1 Å². The van der Waals surface area contributed by atoms with E-state index >= 15 is 0 Å². The normalized spacial score (nSPS) is 19.8. The molecule has 0 aliphatic heterocycles. The summed E-state index contributed by atoms with van der Waals surface area (Å²) in [6.07, 6.45) is 0.716. The number of amides is 1. The molecule has 0 radical (unpaired) electrons. The van der Waals surface area contributed by atoms with Crippen LogP contribution in [0.5, 0.6) is 0 Å². The van der Waals surface area contributed by atoms with Crippen molar-refractivity contribution >= 4 is 53.0 Å². The van der Waals surface area contributed by atoms with Crippen molar-refractivity contribution in [1.29, 1.82) is 0 Å². The van der Waals surface area contributed by atoms with Crippen molar-refractivity contribution in [3.63, 3.8) is 0 Å². The highest BCUT2D eigenvalue weighted by Gasteiger charge is 2.31. The molecule has 2 aromatic rings. The average molecular weight is 365 g/mol. The first-order valence-electron chi connectivity index (χ1n) is 6.03. The first-order valence-corrected chi connectivity index (χ1v) is 7.55. The van der Waals surface area contributed by atoms with Crippen LogP contribution in [0.2, 0.25) is 10.2 Å². The third-order valence-electron chi connectivity index (χ3n) is 3.41. The van der Waals surface area contributed by atoms with Gasteiger partial charge in [-0.05, 0) is 29.1 Å². The van der Waals surface area contributed by atoms with Crippen LogP contribution in [-0.4, -0.2) is 16.3 Å². The minimum atomic E-state index is -0.285. The van der Waals surface area contributed by atoms with Gasteiger partial charge in [0.05, 0.1) is 12.1 Å². The summed E-state index contributed by atoms with van der Waals surface area (Å²) < 4.78 is 3.85. The molecule has 1 amide bonds. The fourth-order valence-electron chi connectivity index (χ4n) is 2.40. The van der Waals surface area contributed by atoms with Crippen LogP contribution in [0, 0.1) is 0 Å². The van der Waals surface area contributed by atoms with E-state index in [0.29, 0.717) is 11.3 Å². The van der Waals surface area contributed by atoms with E-state index in [0.717, 1.165) is 17.1 Å². The van der Waals surface area contributed by atoms with Gasteiger partial charge in [0, 0.05) is 0 Å². The molecule has 1 aromatic heterocycles. The lowest BCUT2D eigenvalue weighted by atomic mass is 10.1. The zero-order valence-corrected chi connectivity index (χ0v) is 13.8. The van der Waals surface area contributed by atoms with Crippen LogP contribution in [-0.2, 0) is 6.42 Å². The van der Waals surface area contributed by atoms with Crippen molar-refractivity contribution in [2.24, 2.45) is 5.73 Å². The van der Waals surface area contributed by atoms with E-state index in [1.54, 1.807) is 0 Å². The van der Waals surface area contributed by atoms with Crippen LogP contribution < -0.4 is 11.1 Å². The molecule has 112 valence electrons. The van der Waals surface area contributed by atoms with E-state index in [2.05, 4.69) is 9.69 Å². The lowest BCUT2D eigenvalue weighted by Crippen LogP contribution is -2.40. The summed E-state index contributed by atoms with van der Waals surface area (Å²) in [6, 6.07) is 7.58. The van der Waals surface area contributed by atoms with Gasteiger partial charge in [-0.3, -0.25) is 4.79 Å². The Bertz CT molecular complexity index is 676. The topological polar surface area (TPSA) is 68.0 Å². The summed E-state index contributed by atoms with van der Waals surface area (Å²) >= 11 is 12.7. The smallest absolute Gasteiger partial charge is 0.264 e. The standard InChI is InChI=1S/C13H11Cl2N3OS.ClH/c14-9-11(20-18-12(9)15)13(19)17-8-5-6-3-1-2-4-7(6)10(8)16;/h1-4,8,10H,5,16H2,(H,17,19);1H/t8-,10-;/m1./s1. The van der Waals surface area contributed by atoms with Crippen LogP contribution in [0.3, 0.4) is 0 Å². The van der Waals surface area contributed by atoms with Crippen LogP contribution in [0.15, 0.2) is 24.3 Å². The number of carbonyl (C=O) groups is 1. The Labute approximate surface area is 142 Å². The fraction of sp³-hybridized carbons (Fsp3) is 0.231. The number of carbonyl (C=O) groups excluding carboxylic acids is 1. The van der Waals surface area contributed by atoms with E-state index in [4.69, 9.17) is 28.9 Å². The molecule has 1 aliphatic carbocycles. The van der Waals surface area contributed by atoms with Crippen molar-refractivity contribution in [2.75, 3.05) is 0 Å². The number of fused-ring (bicyclic) bond motifs is 1. The summed E-state index contributed by atoms with van der Waals surface area (Å²) in [6.45, 7) is 0. The average Bonchev–Trinajstić information content (AvgIpc) is 2.93. The molecule has 8 heteroatoms. The van der Waals surface area contributed by atoms with Crippen LogP contribution in [0.4, 0.5) is 0 Å². The van der Waals surface area contributed by atoms with Crippen LogP contribution in [0.1, 0.15) is 26.8 Å². The van der Waals surface area contributed by atoms with Crippen molar-refractivity contribution in [3.05, 3.63) is 50.4 Å². The monoisotopic (exact) mass is 363 g/mol. The van der Waals surface area contributed by atoms with Crippen molar-refractivity contribution in [1.82, 2.24) is 9.69 Å². The third-order valence-corrected chi connectivity index (χ3v) is 5.20. The summed E-state index contributed by atoms with van der Waals surface area (Å²) in [5, 5.41) is 3.26. The minimum Gasteiger partial charge on any atom is -0.346 e. The molecule has 4 nitrogen and oxygen atoms in total. The number of rotatable bonds is 2. The molecule has 0 fully saturated rings. The van der Waals surface area contributed by atoms with E-state index in [1.165, 1.54) is 5.56 Å². The number of hydrogen-bond donors (Lipinski definition) is 2.